The number of carbonyl (C=O) groups is 2. The number of aromatic amines is 1. The molecule has 1 atom stereocenters. The van der Waals surface area contributed by atoms with Gasteiger partial charge in [-0.1, -0.05) is 17.7 Å². The molecule has 0 aliphatic rings. The fourth-order valence-corrected chi connectivity index (χ4v) is 6.02. The predicted octanol–water partition coefficient (Wildman–Crippen LogP) is 4.27. The first-order valence-corrected chi connectivity index (χ1v) is 13.0. The Morgan fingerprint density at radius 2 is 1.69 bits per heavy atom. The van der Waals surface area contributed by atoms with Gasteiger partial charge >= 0.3 is 0 Å². The van der Waals surface area contributed by atoms with E-state index in [9.17, 15) is 18.0 Å². The summed E-state index contributed by atoms with van der Waals surface area (Å²) in [6, 6.07) is 13.0. The Morgan fingerprint density at radius 3 is 2.36 bits per heavy atom. The normalized spacial score (nSPS) is 12.3. The average Bonchev–Trinajstić information content (AvgIpc) is 3.22. The maximum Gasteiger partial charge on any atom is 0.269 e. The third-order valence-electron chi connectivity index (χ3n) is 5.71. The summed E-state index contributed by atoms with van der Waals surface area (Å²) in [6.07, 6.45) is 3.25. The highest BCUT2D eigenvalue weighted by molar-refractivity contribution is 7.91. The molecule has 0 bridgehead atoms. The molecule has 2 aromatic heterocycles. The fourth-order valence-electron chi connectivity index (χ4n) is 4.06. The Labute approximate surface area is 214 Å². The van der Waals surface area contributed by atoms with Crippen LogP contribution in [0.4, 0.5) is 0 Å². The molecule has 2 aromatic carbocycles. The van der Waals surface area contributed by atoms with Gasteiger partial charge in [0.25, 0.3) is 5.91 Å². The number of aromatic nitrogens is 2. The van der Waals surface area contributed by atoms with Gasteiger partial charge in [-0.25, -0.2) is 8.42 Å². The Hall–Kier alpha value is -3.69. The summed E-state index contributed by atoms with van der Waals surface area (Å²) in [5, 5.41) is 5.94. The highest BCUT2D eigenvalue weighted by Gasteiger charge is 2.30. The quantitative estimate of drug-likeness (QED) is 0.333. The van der Waals surface area contributed by atoms with Crippen molar-refractivity contribution in [3.63, 3.8) is 0 Å². The molecule has 0 fully saturated rings. The predicted molar refractivity (Wildman–Crippen MR) is 138 cm³/mol. The minimum absolute atomic E-state index is 0.0684. The molecule has 3 N–H and O–H groups in total. The van der Waals surface area contributed by atoms with Crippen LogP contribution >= 0.6 is 11.6 Å². The summed E-state index contributed by atoms with van der Waals surface area (Å²) < 4.78 is 27.5. The number of carbonyl (C=O) groups excluding carboxylic acids is 2. The van der Waals surface area contributed by atoms with Crippen molar-refractivity contribution in [1.82, 2.24) is 20.6 Å². The second kappa shape index (κ2) is 10.1. The van der Waals surface area contributed by atoms with Crippen LogP contribution in [0.2, 0.25) is 5.02 Å². The van der Waals surface area contributed by atoms with E-state index in [0.29, 0.717) is 15.9 Å². The number of nitrogens with one attached hydrogen (secondary N) is 3. The molecular formula is C26H25ClN4O4S. The van der Waals surface area contributed by atoms with Crippen molar-refractivity contribution in [2.75, 3.05) is 6.54 Å². The molecule has 0 unspecified atom stereocenters. The lowest BCUT2D eigenvalue weighted by molar-refractivity contribution is -0.120. The number of halogens is 1. The molecular weight excluding hydrogens is 500 g/mol. The minimum atomic E-state index is -4.11. The van der Waals surface area contributed by atoms with Crippen LogP contribution in [0.3, 0.4) is 0 Å². The van der Waals surface area contributed by atoms with Crippen LogP contribution in [0.25, 0.3) is 10.9 Å². The molecule has 0 radical (unpaired) electrons. The van der Waals surface area contributed by atoms with E-state index >= 15 is 0 Å². The van der Waals surface area contributed by atoms with Crippen molar-refractivity contribution >= 4 is 44.2 Å². The smallest absolute Gasteiger partial charge is 0.269 e. The van der Waals surface area contributed by atoms with Gasteiger partial charge in [-0.3, -0.25) is 14.6 Å². The zero-order valence-corrected chi connectivity index (χ0v) is 21.5. The first-order chi connectivity index (χ1) is 17.1. The van der Waals surface area contributed by atoms with Gasteiger partial charge in [0.15, 0.2) is 0 Å². The number of hydrogen-bond donors (Lipinski definition) is 3. The number of nitrogens with zero attached hydrogens (tertiary/aromatic N) is 1. The van der Waals surface area contributed by atoms with E-state index in [1.54, 1.807) is 62.6 Å². The Balaban J connectivity index is 1.65. The van der Waals surface area contributed by atoms with Crippen molar-refractivity contribution in [3.05, 3.63) is 88.3 Å². The molecule has 0 saturated heterocycles. The number of H-pyrrole nitrogens is 1. The van der Waals surface area contributed by atoms with Crippen molar-refractivity contribution in [2.24, 2.45) is 0 Å². The monoisotopic (exact) mass is 524 g/mol. The van der Waals surface area contributed by atoms with Crippen molar-refractivity contribution in [2.45, 2.75) is 36.6 Å². The lowest BCUT2D eigenvalue weighted by Crippen LogP contribution is -2.38. The van der Waals surface area contributed by atoms with Crippen LogP contribution in [0.15, 0.2) is 70.7 Å². The van der Waals surface area contributed by atoms with Gasteiger partial charge in [0.2, 0.25) is 15.7 Å². The molecule has 2 heterocycles. The van der Waals surface area contributed by atoms with Gasteiger partial charge in [0.1, 0.15) is 10.6 Å². The van der Waals surface area contributed by atoms with Gasteiger partial charge in [-0.2, -0.15) is 0 Å². The average molecular weight is 525 g/mol. The third-order valence-corrected chi connectivity index (χ3v) is 7.76. The molecule has 0 aliphatic carbocycles. The van der Waals surface area contributed by atoms with E-state index < -0.39 is 21.7 Å². The number of benzene rings is 2. The number of sulfone groups is 1. The largest absolute Gasteiger partial charge is 0.349 e. The van der Waals surface area contributed by atoms with Gasteiger partial charge in [-0.05, 0) is 79.9 Å². The van der Waals surface area contributed by atoms with E-state index in [4.69, 9.17) is 11.6 Å². The molecule has 0 saturated carbocycles. The number of aryl methyl sites for hydroxylation is 2. The van der Waals surface area contributed by atoms with Gasteiger partial charge in [0.05, 0.1) is 17.5 Å². The summed E-state index contributed by atoms with van der Waals surface area (Å²) in [5.74, 6) is -1.15. The standard InChI is InChI=1S/C26H25ClN4O4S/c1-15-10-16(2)12-20(11-15)36(34,35)25-21-13-19(27)4-5-22(21)31-24(25)26(33)29-14-23(32)30-17(3)18-6-8-28-9-7-18/h4-13,17,31H,14H2,1-3H3,(H,29,33)(H,30,32)/t17-/m0/s1. The van der Waals surface area contributed by atoms with Crippen LogP contribution in [0.1, 0.15) is 40.1 Å². The number of amides is 2. The minimum Gasteiger partial charge on any atom is -0.349 e. The number of hydrogen-bond acceptors (Lipinski definition) is 5. The first kappa shape index (κ1) is 25.4. The molecule has 36 heavy (non-hydrogen) atoms. The third kappa shape index (κ3) is 5.27. The van der Waals surface area contributed by atoms with Crippen LogP contribution in [-0.2, 0) is 14.6 Å². The van der Waals surface area contributed by atoms with Crippen LogP contribution in [0.5, 0.6) is 0 Å². The van der Waals surface area contributed by atoms with Crippen LogP contribution in [0, 0.1) is 13.8 Å². The molecule has 2 amide bonds. The Morgan fingerprint density at radius 1 is 1.03 bits per heavy atom. The topological polar surface area (TPSA) is 121 Å². The van der Waals surface area contributed by atoms with E-state index in [1.807, 2.05) is 13.0 Å². The highest BCUT2D eigenvalue weighted by Crippen LogP contribution is 2.34. The summed E-state index contributed by atoms with van der Waals surface area (Å²) in [6.45, 7) is 5.08. The molecule has 0 aliphatic heterocycles. The van der Waals surface area contributed by atoms with Gasteiger partial charge in [0, 0.05) is 28.3 Å². The Bertz CT molecular complexity index is 1550. The maximum atomic E-state index is 13.8. The zero-order valence-electron chi connectivity index (χ0n) is 19.9. The van der Waals surface area contributed by atoms with Crippen LogP contribution < -0.4 is 10.6 Å². The summed E-state index contributed by atoms with van der Waals surface area (Å²) in [4.78, 5) is 32.4. The van der Waals surface area contributed by atoms with Crippen molar-refractivity contribution in [3.8, 4) is 0 Å². The SMILES string of the molecule is Cc1cc(C)cc(S(=O)(=O)c2c(C(=O)NCC(=O)N[C@@H](C)c3ccncc3)[nH]c3ccc(Cl)cc23)c1. The summed E-state index contributed by atoms with van der Waals surface area (Å²) in [7, 11) is -4.11. The zero-order chi connectivity index (χ0) is 26.0. The number of rotatable bonds is 7. The van der Waals surface area contributed by atoms with E-state index in [0.717, 1.165) is 16.7 Å². The van der Waals surface area contributed by atoms with E-state index in [-0.39, 0.29) is 28.1 Å². The molecule has 10 heteroatoms. The number of pyridine rings is 1. The molecule has 4 rings (SSSR count). The summed E-state index contributed by atoms with van der Waals surface area (Å²) in [5.41, 5.74) is 2.68. The lowest BCUT2D eigenvalue weighted by Gasteiger charge is -2.14. The van der Waals surface area contributed by atoms with Crippen molar-refractivity contribution < 1.29 is 18.0 Å². The molecule has 4 aromatic rings. The maximum absolute atomic E-state index is 13.8. The van der Waals surface area contributed by atoms with Gasteiger partial charge in [-0.15, -0.1) is 0 Å². The van der Waals surface area contributed by atoms with E-state index in [1.165, 1.54) is 6.07 Å². The van der Waals surface area contributed by atoms with E-state index in [2.05, 4.69) is 20.6 Å². The first-order valence-electron chi connectivity index (χ1n) is 11.2. The second-order valence-electron chi connectivity index (χ2n) is 8.60. The fraction of sp³-hybridized carbons (Fsp3) is 0.192. The second-order valence-corrected chi connectivity index (χ2v) is 10.9. The van der Waals surface area contributed by atoms with Gasteiger partial charge < -0.3 is 15.6 Å². The highest BCUT2D eigenvalue weighted by atomic mass is 35.5. The van der Waals surface area contributed by atoms with Crippen molar-refractivity contribution in [1.29, 1.82) is 0 Å². The lowest BCUT2D eigenvalue weighted by atomic mass is 10.1. The molecule has 186 valence electrons. The summed E-state index contributed by atoms with van der Waals surface area (Å²) >= 11 is 6.16. The Kier molecular flexibility index (Phi) is 7.14. The number of fused-ring (bicyclic) bond motifs is 1. The molecule has 8 nitrogen and oxygen atoms in total. The molecule has 0 spiro atoms. The van der Waals surface area contributed by atoms with Crippen LogP contribution in [-0.4, -0.2) is 36.7 Å².